The highest BCUT2D eigenvalue weighted by Crippen LogP contribution is 2.15. The van der Waals surface area contributed by atoms with Gasteiger partial charge in [-0.1, -0.05) is 22.9 Å². The first kappa shape index (κ1) is 14.5. The first-order chi connectivity index (χ1) is 8.26. The lowest BCUT2D eigenvalue weighted by molar-refractivity contribution is 0.195. The van der Waals surface area contributed by atoms with Crippen LogP contribution >= 0.6 is 15.9 Å². The summed E-state index contributed by atoms with van der Waals surface area (Å²) >= 11 is 3.39. The molecule has 1 aromatic carbocycles. The van der Waals surface area contributed by atoms with Crippen LogP contribution in [0.15, 0.2) is 28.7 Å². The molecule has 1 N–H and O–H groups in total. The summed E-state index contributed by atoms with van der Waals surface area (Å²) in [6, 6.07) is 7.85. The molecule has 1 aromatic rings. The van der Waals surface area contributed by atoms with Gasteiger partial charge in [-0.2, -0.15) is 0 Å². The first-order valence-corrected chi connectivity index (χ1v) is 6.77. The van der Waals surface area contributed by atoms with Crippen LogP contribution in [0.25, 0.3) is 0 Å². The number of rotatable bonds is 8. The summed E-state index contributed by atoms with van der Waals surface area (Å²) in [6.07, 6.45) is 0.826. The maximum atomic E-state index is 8.78. The van der Waals surface area contributed by atoms with Gasteiger partial charge in [0, 0.05) is 24.2 Å². The Morgan fingerprint density at radius 1 is 1.24 bits per heavy atom. The van der Waals surface area contributed by atoms with Crippen LogP contribution in [0, 0.1) is 0 Å². The van der Waals surface area contributed by atoms with E-state index in [0.717, 1.165) is 36.3 Å². The molecule has 1 rings (SSSR count). The lowest BCUT2D eigenvalue weighted by atomic mass is 10.3. The molecule has 0 saturated heterocycles. The van der Waals surface area contributed by atoms with Crippen molar-refractivity contribution in [2.45, 2.75) is 13.3 Å². The summed E-state index contributed by atoms with van der Waals surface area (Å²) in [4.78, 5) is 2.27. The summed E-state index contributed by atoms with van der Waals surface area (Å²) < 4.78 is 6.71. The third kappa shape index (κ3) is 6.05. The number of benzene rings is 1. The largest absolute Gasteiger partial charge is 0.492 e. The van der Waals surface area contributed by atoms with E-state index in [2.05, 4.69) is 27.8 Å². The van der Waals surface area contributed by atoms with Gasteiger partial charge in [0.2, 0.25) is 0 Å². The van der Waals surface area contributed by atoms with Gasteiger partial charge in [-0.3, -0.25) is 0 Å². The molecule has 0 spiro atoms. The van der Waals surface area contributed by atoms with Crippen molar-refractivity contribution in [3.05, 3.63) is 28.7 Å². The van der Waals surface area contributed by atoms with Gasteiger partial charge in [0.25, 0.3) is 0 Å². The van der Waals surface area contributed by atoms with E-state index in [0.29, 0.717) is 6.61 Å². The third-order valence-corrected chi connectivity index (χ3v) is 3.10. The Morgan fingerprint density at radius 2 is 1.94 bits per heavy atom. The van der Waals surface area contributed by atoms with Crippen LogP contribution in [0.2, 0.25) is 0 Å². The van der Waals surface area contributed by atoms with Crippen LogP contribution in [0.3, 0.4) is 0 Å². The van der Waals surface area contributed by atoms with E-state index in [1.54, 1.807) is 0 Å². The lowest BCUT2D eigenvalue weighted by Gasteiger charge is -2.19. The number of aliphatic hydroxyl groups is 1. The van der Waals surface area contributed by atoms with Crippen LogP contribution < -0.4 is 4.74 Å². The highest BCUT2D eigenvalue weighted by Gasteiger charge is 2.02. The van der Waals surface area contributed by atoms with Crippen molar-refractivity contribution in [2.75, 3.05) is 32.8 Å². The highest BCUT2D eigenvalue weighted by atomic mass is 79.9. The second kappa shape index (κ2) is 8.50. The molecule has 0 unspecified atom stereocenters. The fraction of sp³-hybridized carbons (Fsp3) is 0.538. The number of nitrogens with zero attached hydrogens (tertiary/aromatic N) is 1. The maximum absolute atomic E-state index is 8.78. The zero-order valence-electron chi connectivity index (χ0n) is 10.2. The third-order valence-electron chi connectivity index (χ3n) is 2.57. The minimum Gasteiger partial charge on any atom is -0.492 e. The highest BCUT2D eigenvalue weighted by molar-refractivity contribution is 9.10. The van der Waals surface area contributed by atoms with E-state index in [4.69, 9.17) is 9.84 Å². The average molecular weight is 302 g/mol. The van der Waals surface area contributed by atoms with E-state index in [9.17, 15) is 0 Å². The Morgan fingerprint density at radius 3 is 2.53 bits per heavy atom. The smallest absolute Gasteiger partial charge is 0.119 e. The molecule has 0 fully saturated rings. The van der Waals surface area contributed by atoms with Crippen molar-refractivity contribution < 1.29 is 9.84 Å². The molecule has 0 bridgehead atoms. The minimum absolute atomic E-state index is 0.254. The van der Waals surface area contributed by atoms with Gasteiger partial charge < -0.3 is 14.7 Å². The monoisotopic (exact) mass is 301 g/mol. The number of hydrogen-bond acceptors (Lipinski definition) is 3. The Bertz CT molecular complexity index is 303. The van der Waals surface area contributed by atoms with Gasteiger partial charge in [0.05, 0.1) is 0 Å². The number of hydrogen-bond donors (Lipinski definition) is 1. The average Bonchev–Trinajstić information content (AvgIpc) is 2.36. The topological polar surface area (TPSA) is 32.7 Å². The van der Waals surface area contributed by atoms with Crippen LogP contribution in [0.5, 0.6) is 5.75 Å². The van der Waals surface area contributed by atoms with Crippen LogP contribution in [0.4, 0.5) is 0 Å². The summed E-state index contributed by atoms with van der Waals surface area (Å²) in [7, 11) is 0. The molecule has 0 aliphatic rings. The molecule has 0 saturated carbocycles. The van der Waals surface area contributed by atoms with Crippen molar-refractivity contribution in [1.82, 2.24) is 4.90 Å². The molecule has 0 aliphatic carbocycles. The number of likely N-dealkylation sites (N-methyl/N-ethyl adjacent to an activating group) is 1. The van der Waals surface area contributed by atoms with Crippen LogP contribution in [0.1, 0.15) is 13.3 Å². The van der Waals surface area contributed by atoms with Gasteiger partial charge in [-0.05, 0) is 37.2 Å². The Balaban J connectivity index is 2.23. The Labute approximate surface area is 112 Å². The molecule has 0 aromatic heterocycles. The molecule has 3 nitrogen and oxygen atoms in total. The van der Waals surface area contributed by atoms with Gasteiger partial charge in [-0.15, -0.1) is 0 Å². The zero-order valence-corrected chi connectivity index (χ0v) is 11.8. The van der Waals surface area contributed by atoms with Gasteiger partial charge in [0.15, 0.2) is 0 Å². The Kier molecular flexibility index (Phi) is 7.24. The van der Waals surface area contributed by atoms with Crippen molar-refractivity contribution in [3.8, 4) is 5.75 Å². The van der Waals surface area contributed by atoms with Gasteiger partial charge in [-0.25, -0.2) is 0 Å². The molecule has 96 valence electrons. The second-order valence-electron chi connectivity index (χ2n) is 3.81. The molecule has 17 heavy (non-hydrogen) atoms. The lowest BCUT2D eigenvalue weighted by Crippen LogP contribution is -2.29. The molecular weight excluding hydrogens is 282 g/mol. The van der Waals surface area contributed by atoms with E-state index in [-0.39, 0.29) is 6.61 Å². The quantitative estimate of drug-likeness (QED) is 0.801. The summed E-state index contributed by atoms with van der Waals surface area (Å²) in [5.41, 5.74) is 0. The Hall–Kier alpha value is -0.580. The minimum atomic E-state index is 0.254. The zero-order chi connectivity index (χ0) is 12.5. The second-order valence-corrected chi connectivity index (χ2v) is 4.73. The van der Waals surface area contributed by atoms with Gasteiger partial charge in [0.1, 0.15) is 12.4 Å². The predicted molar refractivity (Wildman–Crippen MR) is 73.5 cm³/mol. The molecule has 0 heterocycles. The molecule has 0 amide bonds. The van der Waals surface area contributed by atoms with E-state index >= 15 is 0 Å². The maximum Gasteiger partial charge on any atom is 0.119 e. The molecule has 0 aliphatic heterocycles. The van der Waals surface area contributed by atoms with E-state index in [1.165, 1.54) is 0 Å². The normalized spacial score (nSPS) is 10.8. The standard InChI is InChI=1S/C13H20BrNO2/c1-2-15(8-3-10-16)9-11-17-13-6-4-12(14)5-7-13/h4-7,16H,2-3,8-11H2,1H3. The molecule has 4 heteroatoms. The first-order valence-electron chi connectivity index (χ1n) is 5.98. The van der Waals surface area contributed by atoms with Crippen LogP contribution in [-0.4, -0.2) is 42.9 Å². The number of halogens is 1. The molecule has 0 atom stereocenters. The van der Waals surface area contributed by atoms with E-state index in [1.807, 2.05) is 24.3 Å². The summed E-state index contributed by atoms with van der Waals surface area (Å²) in [5, 5.41) is 8.78. The number of ether oxygens (including phenoxy) is 1. The number of aliphatic hydroxyl groups excluding tert-OH is 1. The van der Waals surface area contributed by atoms with Crippen molar-refractivity contribution in [3.63, 3.8) is 0 Å². The fourth-order valence-corrected chi connectivity index (χ4v) is 1.81. The van der Waals surface area contributed by atoms with Crippen LogP contribution in [-0.2, 0) is 0 Å². The van der Waals surface area contributed by atoms with Crippen molar-refractivity contribution in [2.24, 2.45) is 0 Å². The van der Waals surface area contributed by atoms with Gasteiger partial charge >= 0.3 is 0 Å². The molecular formula is C13H20BrNO2. The predicted octanol–water partition coefficient (Wildman–Crippen LogP) is 2.53. The fourth-order valence-electron chi connectivity index (χ4n) is 1.55. The van der Waals surface area contributed by atoms with Crippen molar-refractivity contribution in [1.29, 1.82) is 0 Å². The summed E-state index contributed by atoms with van der Waals surface area (Å²) in [5.74, 6) is 0.895. The summed E-state index contributed by atoms with van der Waals surface area (Å²) in [6.45, 7) is 5.87. The van der Waals surface area contributed by atoms with Crippen molar-refractivity contribution >= 4 is 15.9 Å². The SMILES string of the molecule is CCN(CCCO)CCOc1ccc(Br)cc1. The molecule has 0 radical (unpaired) electrons. The van der Waals surface area contributed by atoms with E-state index < -0.39 is 0 Å².